The molecule has 0 radical (unpaired) electrons. The molecule has 346 valence electrons. The van der Waals surface area contributed by atoms with E-state index in [2.05, 4.69) is 55.8 Å². The lowest BCUT2D eigenvalue weighted by Crippen LogP contribution is -2.62. The number of carbonyl (C=O) groups is 4. The summed E-state index contributed by atoms with van der Waals surface area (Å²) >= 11 is 1.65. The van der Waals surface area contributed by atoms with Gasteiger partial charge < -0.3 is 30.9 Å². The molecule has 4 aromatic carbocycles. The Hall–Kier alpha value is -5.89. The smallest absolute Gasteiger partial charge is 0.251 e. The minimum absolute atomic E-state index is 0.0998. The number of nitrogens with one attached hydrogen (secondary N) is 4. The molecule has 1 saturated heterocycles. The van der Waals surface area contributed by atoms with Gasteiger partial charge in [0.25, 0.3) is 5.91 Å². The van der Waals surface area contributed by atoms with E-state index < -0.39 is 23.5 Å². The lowest BCUT2D eigenvalue weighted by atomic mass is 9.78. The Kier molecular flexibility index (Phi) is 14.4. The number of likely N-dealkylation sites (tertiary alicyclic amines) is 1. The van der Waals surface area contributed by atoms with E-state index in [0.717, 1.165) is 78.1 Å². The van der Waals surface area contributed by atoms with Crippen molar-refractivity contribution >= 4 is 35.0 Å². The number of amides is 4. The van der Waals surface area contributed by atoms with Gasteiger partial charge in [0.15, 0.2) is 0 Å². The second-order valence-electron chi connectivity index (χ2n) is 19.2. The molecule has 3 aliphatic rings. The zero-order valence-corrected chi connectivity index (χ0v) is 39.6. The fraction of sp³-hybridized carbons (Fsp3) is 0.415. The highest BCUT2D eigenvalue weighted by Crippen LogP contribution is 2.39. The summed E-state index contributed by atoms with van der Waals surface area (Å²) in [6.45, 7) is 10.0. The number of hydrogen-bond donors (Lipinski definition) is 4. The maximum absolute atomic E-state index is 14.9. The van der Waals surface area contributed by atoms with E-state index in [1.54, 1.807) is 30.2 Å². The third-order valence-corrected chi connectivity index (χ3v) is 14.8. The Morgan fingerprint density at radius 1 is 0.894 bits per heavy atom. The maximum atomic E-state index is 14.9. The van der Waals surface area contributed by atoms with E-state index in [9.17, 15) is 19.2 Å². The quantitative estimate of drug-likeness (QED) is 0.0917. The Balaban J connectivity index is 0.984. The molecule has 4 atom stereocenters. The molecule has 2 aliphatic heterocycles. The van der Waals surface area contributed by atoms with E-state index >= 15 is 0 Å². The predicted molar refractivity (Wildman–Crippen MR) is 259 cm³/mol. The molecule has 13 heteroatoms. The summed E-state index contributed by atoms with van der Waals surface area (Å²) in [5.74, 6) is -0.209. The number of hydrogen-bond acceptors (Lipinski definition) is 9. The van der Waals surface area contributed by atoms with E-state index in [-0.39, 0.29) is 41.6 Å². The number of aromatic nitrogens is 1. The number of likely N-dealkylation sites (N-methyl/N-ethyl adjacent to an activating group) is 1. The van der Waals surface area contributed by atoms with Gasteiger partial charge in [0.05, 0.1) is 17.8 Å². The molecule has 0 saturated carbocycles. The van der Waals surface area contributed by atoms with Crippen molar-refractivity contribution in [1.29, 1.82) is 0 Å². The first kappa shape index (κ1) is 46.6. The van der Waals surface area contributed by atoms with E-state index in [1.807, 2.05) is 99.6 Å². The molecule has 5 aromatic rings. The summed E-state index contributed by atoms with van der Waals surface area (Å²) in [6, 6.07) is 31.4. The SMILES string of the molecule is CN[C@@H](C)C(=O)N[C@H](C(=O)N1Cc2cc(OCN3CCC(CNC(=O)c4ccccc4)(c4nc(-c5ccccc5)cs4)CC3)ccc2C[C@H]1C(=O)N[C@@H]1CCCc2ccccc21)C(C)(C)C. The number of aryl methyl sites for hydroxylation is 1. The molecule has 0 unspecified atom stereocenters. The lowest BCUT2D eigenvalue weighted by Gasteiger charge is -2.42. The molecule has 0 bridgehead atoms. The van der Waals surface area contributed by atoms with E-state index in [0.29, 0.717) is 31.0 Å². The number of carbonyl (C=O) groups excluding carboxylic acids is 4. The van der Waals surface area contributed by atoms with Gasteiger partial charge in [0.1, 0.15) is 29.6 Å². The number of thiazole rings is 1. The summed E-state index contributed by atoms with van der Waals surface area (Å²) in [6.07, 6.45) is 4.66. The molecular formula is C53H63N7O5S. The van der Waals surface area contributed by atoms with Gasteiger partial charge >= 0.3 is 0 Å². The molecular weight excluding hydrogens is 847 g/mol. The van der Waals surface area contributed by atoms with E-state index in [1.165, 1.54) is 5.56 Å². The number of fused-ring (bicyclic) bond motifs is 2. The van der Waals surface area contributed by atoms with Gasteiger partial charge in [-0.25, -0.2) is 4.98 Å². The fourth-order valence-electron chi connectivity index (χ4n) is 9.44. The van der Waals surface area contributed by atoms with Crippen LogP contribution in [0.15, 0.2) is 109 Å². The topological polar surface area (TPSA) is 145 Å². The number of benzene rings is 4. The molecule has 12 nitrogen and oxygen atoms in total. The van der Waals surface area contributed by atoms with Crippen molar-refractivity contribution in [1.82, 2.24) is 36.1 Å². The van der Waals surface area contributed by atoms with Gasteiger partial charge in [-0.05, 0) is 98.0 Å². The summed E-state index contributed by atoms with van der Waals surface area (Å²) in [4.78, 5) is 65.0. The van der Waals surface area contributed by atoms with Gasteiger partial charge in [0, 0.05) is 54.5 Å². The van der Waals surface area contributed by atoms with Crippen molar-refractivity contribution in [2.24, 2.45) is 5.41 Å². The highest BCUT2D eigenvalue weighted by atomic mass is 32.1. The summed E-state index contributed by atoms with van der Waals surface area (Å²) in [5, 5.41) is 15.7. The average molecular weight is 910 g/mol. The fourth-order valence-corrected chi connectivity index (χ4v) is 10.5. The van der Waals surface area contributed by atoms with Crippen LogP contribution in [0.1, 0.15) is 97.0 Å². The second-order valence-corrected chi connectivity index (χ2v) is 20.1. The monoisotopic (exact) mass is 909 g/mol. The first-order valence-corrected chi connectivity index (χ1v) is 24.2. The summed E-state index contributed by atoms with van der Waals surface area (Å²) in [7, 11) is 1.71. The number of nitrogens with zero attached hydrogens (tertiary/aromatic N) is 3. The van der Waals surface area contributed by atoms with Crippen LogP contribution in [0, 0.1) is 5.41 Å². The average Bonchev–Trinajstić information content (AvgIpc) is 3.85. The highest BCUT2D eigenvalue weighted by molar-refractivity contribution is 7.10. The minimum Gasteiger partial charge on any atom is -0.478 e. The van der Waals surface area contributed by atoms with Gasteiger partial charge in [-0.15, -0.1) is 11.3 Å². The Labute approximate surface area is 392 Å². The van der Waals surface area contributed by atoms with Crippen molar-refractivity contribution in [3.63, 3.8) is 0 Å². The first-order chi connectivity index (χ1) is 31.8. The molecule has 1 aromatic heterocycles. The standard InChI is InChI=1S/C53H63N7O5S/c1-35(54-5)47(61)58-46(52(2,3)4)50(64)60-31-40-29-41(24-23-39(40)30-45(60)49(63)56-43-22-14-20-36-15-12-13-21-42(36)43)65-34-59-27-25-53(26-28-59,33-55-48(62)38-18-10-7-11-19-38)51-57-44(32-66-51)37-16-8-6-9-17-37/h6-13,15-19,21,23-24,29,32,35,43,45-46,54H,14,20,22,25-28,30-31,33-34H2,1-5H3,(H,55,62)(H,56,63)(H,58,61)/t35-,43+,45-,46+/m0/s1. The van der Waals surface area contributed by atoms with Crippen molar-refractivity contribution in [3.05, 3.63) is 141 Å². The number of rotatable bonds is 14. The van der Waals surface area contributed by atoms with Crippen molar-refractivity contribution < 1.29 is 23.9 Å². The van der Waals surface area contributed by atoms with Crippen LogP contribution in [0.25, 0.3) is 11.3 Å². The zero-order chi connectivity index (χ0) is 46.4. The Bertz CT molecular complexity index is 2500. The Morgan fingerprint density at radius 2 is 1.61 bits per heavy atom. The van der Waals surface area contributed by atoms with Crippen LogP contribution in [-0.2, 0) is 39.2 Å². The number of piperidine rings is 1. The van der Waals surface area contributed by atoms with Gasteiger partial charge in [-0.1, -0.05) is 99.6 Å². The number of ether oxygens (including phenoxy) is 1. The van der Waals surface area contributed by atoms with Crippen LogP contribution in [-0.4, -0.2) is 90.0 Å². The van der Waals surface area contributed by atoms with Gasteiger partial charge in [-0.3, -0.25) is 24.1 Å². The molecule has 3 heterocycles. The molecule has 1 fully saturated rings. The molecule has 66 heavy (non-hydrogen) atoms. The largest absolute Gasteiger partial charge is 0.478 e. The molecule has 4 N–H and O–H groups in total. The third kappa shape index (κ3) is 10.5. The maximum Gasteiger partial charge on any atom is 0.251 e. The van der Waals surface area contributed by atoms with E-state index in [4.69, 9.17) is 9.72 Å². The highest BCUT2D eigenvalue weighted by Gasteiger charge is 2.44. The Morgan fingerprint density at radius 3 is 2.33 bits per heavy atom. The predicted octanol–water partition coefficient (Wildman–Crippen LogP) is 7.20. The molecule has 8 rings (SSSR count). The lowest BCUT2D eigenvalue weighted by molar-refractivity contribution is -0.147. The van der Waals surface area contributed by atoms with Crippen LogP contribution in [0.3, 0.4) is 0 Å². The van der Waals surface area contributed by atoms with Crippen LogP contribution >= 0.6 is 11.3 Å². The van der Waals surface area contributed by atoms with Crippen molar-refractivity contribution in [3.8, 4) is 17.0 Å². The van der Waals surface area contributed by atoms with Crippen molar-refractivity contribution in [2.75, 3.05) is 33.4 Å². The first-order valence-electron chi connectivity index (χ1n) is 23.3. The van der Waals surface area contributed by atoms with Crippen molar-refractivity contribution in [2.45, 2.75) is 102 Å². The molecule has 0 spiro atoms. The summed E-state index contributed by atoms with van der Waals surface area (Å²) in [5.41, 5.74) is 5.90. The minimum atomic E-state index is -0.875. The normalized spacial score (nSPS) is 19.1. The van der Waals surface area contributed by atoms with Gasteiger partial charge in [0.2, 0.25) is 17.7 Å². The van der Waals surface area contributed by atoms with Crippen LogP contribution < -0.4 is 26.0 Å². The molecule has 1 aliphatic carbocycles. The zero-order valence-electron chi connectivity index (χ0n) is 38.8. The van der Waals surface area contributed by atoms with Crippen LogP contribution in [0.4, 0.5) is 0 Å². The molecule has 4 amide bonds. The second kappa shape index (κ2) is 20.3. The van der Waals surface area contributed by atoms with Crippen LogP contribution in [0.2, 0.25) is 0 Å². The third-order valence-electron chi connectivity index (χ3n) is 13.7. The van der Waals surface area contributed by atoms with Crippen LogP contribution in [0.5, 0.6) is 5.75 Å². The van der Waals surface area contributed by atoms with Gasteiger partial charge in [-0.2, -0.15) is 0 Å². The summed E-state index contributed by atoms with van der Waals surface area (Å²) < 4.78 is 6.50.